The second kappa shape index (κ2) is 23.5. The second-order valence-corrected chi connectivity index (χ2v) is 13.8. The Labute approximate surface area is 317 Å². The first-order valence-electron chi connectivity index (χ1n) is 18.4. The lowest BCUT2D eigenvalue weighted by Crippen LogP contribution is -2.50. The van der Waals surface area contributed by atoms with Crippen LogP contribution in [0.1, 0.15) is 61.0 Å². The van der Waals surface area contributed by atoms with Gasteiger partial charge in [0.05, 0.1) is 38.4 Å². The number of benzene rings is 1. The first-order chi connectivity index (χ1) is 26.0. The average Bonchev–Trinajstić information content (AvgIpc) is 3.14. The van der Waals surface area contributed by atoms with Crippen molar-refractivity contribution in [2.75, 3.05) is 52.4 Å². The van der Waals surface area contributed by atoms with Crippen molar-refractivity contribution in [1.82, 2.24) is 20.1 Å². The third-order valence-corrected chi connectivity index (χ3v) is 9.09. The Bertz CT molecular complexity index is 1660. The van der Waals surface area contributed by atoms with E-state index in [0.29, 0.717) is 26.2 Å². The topological polar surface area (TPSA) is 178 Å². The van der Waals surface area contributed by atoms with Crippen LogP contribution in [0, 0.1) is 6.92 Å². The highest BCUT2D eigenvalue weighted by molar-refractivity contribution is 5.83. The number of quaternary nitrogens is 1. The summed E-state index contributed by atoms with van der Waals surface area (Å²) in [6.07, 6.45) is 10.5. The number of amides is 2. The van der Waals surface area contributed by atoms with Crippen LogP contribution in [0.15, 0.2) is 73.1 Å². The molecule has 1 atom stereocenters. The van der Waals surface area contributed by atoms with Crippen LogP contribution in [0.4, 0.5) is 0 Å². The lowest BCUT2D eigenvalue weighted by Gasteiger charge is -2.30. The highest BCUT2D eigenvalue weighted by Gasteiger charge is 2.32. The van der Waals surface area contributed by atoms with E-state index in [1.165, 1.54) is 14.4 Å². The zero-order chi connectivity index (χ0) is 39.2. The Morgan fingerprint density at radius 2 is 1.43 bits per heavy atom. The molecule has 0 saturated heterocycles. The van der Waals surface area contributed by atoms with Gasteiger partial charge in [-0.25, -0.2) is 14.1 Å². The fourth-order valence-corrected chi connectivity index (χ4v) is 6.28. The molecule has 3 N–H and O–H groups in total. The third kappa shape index (κ3) is 16.7. The molecule has 0 bridgehead atoms. The molecule has 14 nitrogen and oxygen atoms in total. The number of hydrogen-bond donors (Lipinski definition) is 3. The van der Waals surface area contributed by atoms with E-state index in [4.69, 9.17) is 0 Å². The van der Waals surface area contributed by atoms with Crippen LogP contribution in [0.5, 0.6) is 0 Å². The maximum atomic E-state index is 12.7. The van der Waals surface area contributed by atoms with E-state index in [0.717, 1.165) is 73.9 Å². The summed E-state index contributed by atoms with van der Waals surface area (Å²) in [5, 5.41) is 21.6. The summed E-state index contributed by atoms with van der Waals surface area (Å²) in [5.74, 6) is -2.71. The Balaban J connectivity index is 1.39. The number of rotatable bonds is 28. The van der Waals surface area contributed by atoms with Crippen LogP contribution < -0.4 is 9.88 Å². The van der Waals surface area contributed by atoms with Gasteiger partial charge in [0.2, 0.25) is 11.6 Å². The number of nitrogens with one attached hydrogen (secondary N) is 1. The third-order valence-electron chi connectivity index (χ3n) is 9.09. The highest BCUT2D eigenvalue weighted by Crippen LogP contribution is 2.18. The molecule has 3 aromatic rings. The maximum absolute atomic E-state index is 12.7. The lowest BCUT2D eigenvalue weighted by atomic mass is 10.1. The van der Waals surface area contributed by atoms with Crippen molar-refractivity contribution >= 4 is 36.4 Å². The van der Waals surface area contributed by atoms with Crippen molar-refractivity contribution in [3.8, 4) is 0 Å². The molecule has 54 heavy (non-hydrogen) atoms. The minimum atomic E-state index is -1.12. The predicted octanol–water partition coefficient (Wildman–Crippen LogP) is 2.43. The molecular formula is C40H54N6O8+2. The molecule has 1 unspecified atom stereocenters. The second-order valence-electron chi connectivity index (χ2n) is 13.8. The number of nitrogens with zero attached hydrogens (tertiary/aromatic N) is 5. The zero-order valence-corrected chi connectivity index (χ0v) is 31.2. The van der Waals surface area contributed by atoms with Gasteiger partial charge < -0.3 is 15.5 Å². The minimum Gasteiger partial charge on any atom is -0.480 e. The van der Waals surface area contributed by atoms with Crippen LogP contribution in [0.25, 0.3) is 0 Å². The fourth-order valence-electron chi connectivity index (χ4n) is 6.28. The van der Waals surface area contributed by atoms with Gasteiger partial charge in [-0.3, -0.25) is 34.0 Å². The van der Waals surface area contributed by atoms with Gasteiger partial charge in [-0.15, -0.1) is 4.57 Å². The summed E-state index contributed by atoms with van der Waals surface area (Å²) < 4.78 is 1.61. The summed E-state index contributed by atoms with van der Waals surface area (Å²) >= 11 is 0. The lowest BCUT2D eigenvalue weighted by molar-refractivity contribution is -0.880. The SMILES string of the molecule is Cc1ccc(CC(=O)CN(CCN(CC(=O)O)CC(=O)NCCCCCCCC[N+](C=O)(Cc2ccccn2)Cc2cccc[n+]2C=O)CC(=O)O)cc1. The number of carbonyl (C=O) groups excluding carboxylic acids is 4. The Hall–Kier alpha value is -5.18. The number of aryl methyl sites for hydroxylation is 1. The molecule has 2 amide bonds. The fraction of sp³-hybridized carbons (Fsp3) is 0.450. The molecule has 0 aliphatic heterocycles. The monoisotopic (exact) mass is 746 g/mol. The van der Waals surface area contributed by atoms with Crippen LogP contribution >= 0.6 is 0 Å². The standard InChI is InChI=1S/C40H52N6O8/c1-33-14-16-34(17-15-33)24-37(49)25-43(27-39(51)52)21-22-44(28-40(53)54)26-38(50)42-19-8-4-2-3-5-11-23-46(32-48,29-35-12-6-9-18-41-35)30-36-13-7-10-20-45(36)31-47/h6-7,9-10,12-18,20,31-32H,2-5,8,11,19,21-30H2,1H3,(H-2,42,50,51,52,53,54)/p+2. The van der Waals surface area contributed by atoms with Gasteiger partial charge in [0.15, 0.2) is 18.5 Å². The first kappa shape index (κ1) is 43.2. The Kier molecular flexibility index (Phi) is 18.8. The Morgan fingerprint density at radius 1 is 0.778 bits per heavy atom. The molecule has 2 aromatic heterocycles. The van der Waals surface area contributed by atoms with E-state index < -0.39 is 18.5 Å². The molecule has 0 spiro atoms. The van der Waals surface area contributed by atoms with Crippen LogP contribution in [-0.2, 0) is 48.3 Å². The number of hydrogen-bond acceptors (Lipinski definition) is 9. The maximum Gasteiger partial charge on any atom is 0.380 e. The largest absolute Gasteiger partial charge is 0.480 e. The predicted molar refractivity (Wildman–Crippen MR) is 200 cm³/mol. The average molecular weight is 747 g/mol. The van der Waals surface area contributed by atoms with E-state index in [1.54, 1.807) is 18.5 Å². The van der Waals surface area contributed by atoms with Crippen molar-refractivity contribution in [1.29, 1.82) is 0 Å². The van der Waals surface area contributed by atoms with Crippen molar-refractivity contribution < 1.29 is 48.0 Å². The van der Waals surface area contributed by atoms with E-state index in [9.17, 15) is 39.0 Å². The normalized spacial score (nSPS) is 12.3. The number of unbranched alkanes of at least 4 members (excludes halogenated alkanes) is 5. The molecule has 290 valence electrons. The number of carbonyl (C=O) groups is 6. The zero-order valence-electron chi connectivity index (χ0n) is 31.2. The molecule has 0 aliphatic rings. The first-order valence-corrected chi connectivity index (χ1v) is 18.4. The van der Waals surface area contributed by atoms with Gasteiger partial charge >= 0.3 is 24.8 Å². The van der Waals surface area contributed by atoms with Crippen molar-refractivity contribution in [2.24, 2.45) is 0 Å². The van der Waals surface area contributed by atoms with E-state index in [-0.39, 0.29) is 55.3 Å². The van der Waals surface area contributed by atoms with Gasteiger partial charge in [0.25, 0.3) is 0 Å². The van der Waals surface area contributed by atoms with Gasteiger partial charge in [0.1, 0.15) is 6.54 Å². The molecule has 0 aliphatic carbocycles. The van der Waals surface area contributed by atoms with Crippen LogP contribution in [0.3, 0.4) is 0 Å². The molecule has 14 heteroatoms. The summed E-state index contributed by atoms with van der Waals surface area (Å²) in [6.45, 7) is 2.88. The molecule has 0 saturated carbocycles. The van der Waals surface area contributed by atoms with Gasteiger partial charge in [-0.05, 0) is 49.9 Å². The number of aliphatic carboxylic acids is 2. The minimum absolute atomic E-state index is 0.0964. The van der Waals surface area contributed by atoms with Crippen molar-refractivity contribution in [2.45, 2.75) is 65.0 Å². The molecule has 3 rings (SSSR count). The summed E-state index contributed by atoms with van der Waals surface area (Å²) in [6, 6.07) is 18.6. The van der Waals surface area contributed by atoms with E-state index in [1.807, 2.05) is 61.5 Å². The summed E-state index contributed by atoms with van der Waals surface area (Å²) in [7, 11) is 0. The van der Waals surface area contributed by atoms with Crippen LogP contribution in [0.2, 0.25) is 0 Å². The number of carboxylic acids is 2. The molecule has 2 heterocycles. The number of ketones is 1. The summed E-state index contributed by atoms with van der Waals surface area (Å²) in [5.41, 5.74) is 3.43. The number of Topliss-reactive ketones (excluding diaryl/α,β-unsaturated/α-hetero) is 1. The molecule has 0 fully saturated rings. The van der Waals surface area contributed by atoms with Crippen LogP contribution in [-0.4, -0.2) is 118 Å². The Morgan fingerprint density at radius 3 is 2.06 bits per heavy atom. The number of carboxylic acid groups (broad SMARTS) is 2. The van der Waals surface area contributed by atoms with Gasteiger partial charge in [-0.2, -0.15) is 0 Å². The summed E-state index contributed by atoms with van der Waals surface area (Å²) in [4.78, 5) is 79.9. The number of aromatic nitrogens is 2. The van der Waals surface area contributed by atoms with Crippen molar-refractivity contribution in [3.05, 3.63) is 95.6 Å². The van der Waals surface area contributed by atoms with E-state index >= 15 is 0 Å². The smallest absolute Gasteiger partial charge is 0.380 e. The molecule has 0 radical (unpaired) electrons. The highest BCUT2D eigenvalue weighted by atomic mass is 16.4. The molecule has 1 aromatic carbocycles. The van der Waals surface area contributed by atoms with Gasteiger partial charge in [0, 0.05) is 44.4 Å². The quantitative estimate of drug-likeness (QED) is 0.0431. The van der Waals surface area contributed by atoms with Gasteiger partial charge in [-0.1, -0.05) is 55.2 Å². The molecular weight excluding hydrogens is 692 g/mol. The number of pyridine rings is 2. The van der Waals surface area contributed by atoms with E-state index in [2.05, 4.69) is 10.3 Å². The van der Waals surface area contributed by atoms with Crippen molar-refractivity contribution in [3.63, 3.8) is 0 Å².